The molecule has 0 aliphatic carbocycles. The Kier molecular flexibility index (Phi) is 4.03. The van der Waals surface area contributed by atoms with Gasteiger partial charge in [0.05, 0.1) is 10.7 Å². The van der Waals surface area contributed by atoms with Crippen LogP contribution < -0.4 is 5.73 Å². The van der Waals surface area contributed by atoms with Crippen LogP contribution in [0.25, 0.3) is 0 Å². The van der Waals surface area contributed by atoms with E-state index in [-0.39, 0.29) is 0 Å². The minimum atomic E-state index is -0.877. The Labute approximate surface area is 86.8 Å². The van der Waals surface area contributed by atoms with Crippen molar-refractivity contribution >= 4 is 17.3 Å². The number of carbonyl (C=O) groups is 1. The third-order valence-electron chi connectivity index (χ3n) is 1.87. The Hall–Kier alpha value is -0.940. The summed E-state index contributed by atoms with van der Waals surface area (Å²) in [6.45, 7) is 2.53. The summed E-state index contributed by atoms with van der Waals surface area (Å²) in [6, 6.07) is 0. The van der Waals surface area contributed by atoms with Crippen molar-refractivity contribution in [2.24, 2.45) is 5.73 Å². The third-order valence-corrected chi connectivity index (χ3v) is 3.01. The molecule has 4 nitrogen and oxygen atoms in total. The van der Waals surface area contributed by atoms with E-state index in [1.165, 1.54) is 11.3 Å². The van der Waals surface area contributed by atoms with Crippen LogP contribution in [0.5, 0.6) is 0 Å². The predicted octanol–water partition coefficient (Wildman–Crippen LogP) is 1.30. The zero-order valence-corrected chi connectivity index (χ0v) is 8.93. The highest BCUT2D eigenvalue weighted by Crippen LogP contribution is 2.20. The van der Waals surface area contributed by atoms with E-state index in [2.05, 4.69) is 4.98 Å². The number of aryl methyl sites for hydroxylation is 2. The van der Waals surface area contributed by atoms with Crippen LogP contribution in [0.2, 0.25) is 0 Å². The molecule has 3 N–H and O–H groups in total. The second-order valence-electron chi connectivity index (χ2n) is 2.93. The van der Waals surface area contributed by atoms with Crippen molar-refractivity contribution in [3.05, 3.63) is 15.6 Å². The average Bonchev–Trinajstić information content (AvgIpc) is 2.57. The number of nitrogens with two attached hydrogens (primary N) is 1. The number of aromatic nitrogens is 1. The van der Waals surface area contributed by atoms with E-state index in [9.17, 15) is 4.79 Å². The summed E-state index contributed by atoms with van der Waals surface area (Å²) >= 11 is 1.27. The molecule has 0 saturated carbocycles. The maximum absolute atomic E-state index is 10.8. The molecule has 0 spiro atoms. The van der Waals surface area contributed by atoms with E-state index in [1.807, 2.05) is 6.92 Å². The molecule has 1 aromatic heterocycles. The summed E-state index contributed by atoms with van der Waals surface area (Å²) in [7, 11) is 0. The molecule has 0 bridgehead atoms. The number of rotatable bonds is 5. The van der Waals surface area contributed by atoms with Gasteiger partial charge in [-0.2, -0.15) is 0 Å². The lowest BCUT2D eigenvalue weighted by Crippen LogP contribution is -2.00. The van der Waals surface area contributed by atoms with E-state index >= 15 is 0 Å². The van der Waals surface area contributed by atoms with Gasteiger partial charge >= 0.3 is 5.97 Å². The van der Waals surface area contributed by atoms with Gasteiger partial charge in [-0.05, 0) is 19.4 Å². The number of aromatic carboxylic acids is 1. The van der Waals surface area contributed by atoms with Crippen LogP contribution in [-0.2, 0) is 12.8 Å². The van der Waals surface area contributed by atoms with E-state index in [4.69, 9.17) is 10.8 Å². The zero-order valence-electron chi connectivity index (χ0n) is 8.12. The number of thiazole rings is 1. The molecule has 78 valence electrons. The quantitative estimate of drug-likeness (QED) is 0.774. The van der Waals surface area contributed by atoms with Crippen molar-refractivity contribution in [3.8, 4) is 0 Å². The number of nitrogens with zero attached hydrogens (tertiary/aromatic N) is 1. The molecule has 1 heterocycles. The molecule has 0 radical (unpaired) electrons. The average molecular weight is 214 g/mol. The van der Waals surface area contributed by atoms with Crippen LogP contribution in [0.3, 0.4) is 0 Å². The highest BCUT2D eigenvalue weighted by molar-refractivity contribution is 7.13. The van der Waals surface area contributed by atoms with Crippen LogP contribution in [0.4, 0.5) is 0 Å². The van der Waals surface area contributed by atoms with Gasteiger partial charge in [0, 0.05) is 6.42 Å². The smallest absolute Gasteiger partial charge is 0.347 e. The molecule has 0 fully saturated rings. The van der Waals surface area contributed by atoms with Crippen molar-refractivity contribution in [3.63, 3.8) is 0 Å². The fourth-order valence-corrected chi connectivity index (χ4v) is 2.20. The van der Waals surface area contributed by atoms with E-state index in [0.717, 1.165) is 17.8 Å². The predicted molar refractivity (Wildman–Crippen MR) is 55.8 cm³/mol. The maximum Gasteiger partial charge on any atom is 0.347 e. The highest BCUT2D eigenvalue weighted by Gasteiger charge is 2.15. The van der Waals surface area contributed by atoms with Crippen LogP contribution in [0, 0.1) is 0 Å². The molecule has 0 amide bonds. The van der Waals surface area contributed by atoms with Gasteiger partial charge in [-0.25, -0.2) is 9.78 Å². The summed E-state index contributed by atoms with van der Waals surface area (Å²) in [5, 5.41) is 9.76. The first-order chi connectivity index (χ1) is 6.69. The Bertz CT molecular complexity index is 323. The van der Waals surface area contributed by atoms with Crippen molar-refractivity contribution < 1.29 is 9.90 Å². The normalized spacial score (nSPS) is 10.4. The summed E-state index contributed by atoms with van der Waals surface area (Å²) < 4.78 is 0. The lowest BCUT2D eigenvalue weighted by molar-refractivity contribution is 0.0701. The van der Waals surface area contributed by atoms with Gasteiger partial charge in [-0.1, -0.05) is 6.92 Å². The van der Waals surface area contributed by atoms with Gasteiger partial charge in [-0.15, -0.1) is 11.3 Å². The third kappa shape index (κ3) is 2.52. The highest BCUT2D eigenvalue weighted by atomic mass is 32.1. The standard InChI is InChI=1S/C9H14N2O2S/c1-2-6-8(9(12)13)14-7(11-6)4-3-5-10/h2-5,10H2,1H3,(H,12,13). The van der Waals surface area contributed by atoms with Gasteiger partial charge < -0.3 is 10.8 Å². The Morgan fingerprint density at radius 1 is 1.64 bits per heavy atom. The molecular weight excluding hydrogens is 200 g/mol. The Morgan fingerprint density at radius 3 is 2.79 bits per heavy atom. The molecule has 0 aliphatic rings. The molecule has 1 aromatic rings. The largest absolute Gasteiger partial charge is 0.477 e. The second kappa shape index (κ2) is 5.07. The summed E-state index contributed by atoms with van der Waals surface area (Å²) in [6.07, 6.45) is 2.30. The lowest BCUT2D eigenvalue weighted by Gasteiger charge is -1.90. The van der Waals surface area contributed by atoms with Crippen molar-refractivity contribution in [2.75, 3.05) is 6.54 Å². The van der Waals surface area contributed by atoms with Gasteiger partial charge in [0.25, 0.3) is 0 Å². The van der Waals surface area contributed by atoms with Gasteiger partial charge in [0.1, 0.15) is 4.88 Å². The molecule has 0 saturated heterocycles. The summed E-state index contributed by atoms with van der Waals surface area (Å²) in [4.78, 5) is 15.5. The first kappa shape index (κ1) is 11.1. The van der Waals surface area contributed by atoms with Gasteiger partial charge in [0.15, 0.2) is 0 Å². The maximum atomic E-state index is 10.8. The summed E-state index contributed by atoms with van der Waals surface area (Å²) in [5.74, 6) is -0.877. The minimum absolute atomic E-state index is 0.375. The Morgan fingerprint density at radius 2 is 2.36 bits per heavy atom. The van der Waals surface area contributed by atoms with E-state index in [0.29, 0.717) is 23.5 Å². The molecule has 1 rings (SSSR count). The molecule has 0 atom stereocenters. The first-order valence-electron chi connectivity index (χ1n) is 4.61. The molecule has 0 aliphatic heterocycles. The summed E-state index contributed by atoms with van der Waals surface area (Å²) in [5.41, 5.74) is 6.06. The number of carboxylic acid groups (broad SMARTS) is 1. The topological polar surface area (TPSA) is 76.2 Å². The van der Waals surface area contributed by atoms with Crippen LogP contribution in [-0.4, -0.2) is 22.6 Å². The molecule has 5 heteroatoms. The number of hydrogen-bond donors (Lipinski definition) is 2. The first-order valence-corrected chi connectivity index (χ1v) is 5.42. The second-order valence-corrected chi connectivity index (χ2v) is 4.02. The SMILES string of the molecule is CCc1nc(CCCN)sc1C(=O)O. The van der Waals surface area contributed by atoms with Crippen LogP contribution in [0.15, 0.2) is 0 Å². The van der Waals surface area contributed by atoms with Crippen molar-refractivity contribution in [1.82, 2.24) is 4.98 Å². The molecule has 0 aromatic carbocycles. The van der Waals surface area contributed by atoms with Gasteiger partial charge in [-0.3, -0.25) is 0 Å². The molecule has 14 heavy (non-hydrogen) atoms. The van der Waals surface area contributed by atoms with E-state index in [1.54, 1.807) is 0 Å². The fourth-order valence-electron chi connectivity index (χ4n) is 1.17. The van der Waals surface area contributed by atoms with Crippen molar-refractivity contribution in [2.45, 2.75) is 26.2 Å². The van der Waals surface area contributed by atoms with Crippen LogP contribution in [0.1, 0.15) is 33.7 Å². The number of carboxylic acids is 1. The zero-order chi connectivity index (χ0) is 10.6. The molecule has 0 unspecified atom stereocenters. The van der Waals surface area contributed by atoms with Gasteiger partial charge in [0.2, 0.25) is 0 Å². The Balaban J connectivity index is 2.83. The molecular formula is C9H14N2O2S. The van der Waals surface area contributed by atoms with Crippen molar-refractivity contribution in [1.29, 1.82) is 0 Å². The minimum Gasteiger partial charge on any atom is -0.477 e. The fraction of sp³-hybridized carbons (Fsp3) is 0.556. The van der Waals surface area contributed by atoms with Crippen LogP contribution >= 0.6 is 11.3 Å². The van der Waals surface area contributed by atoms with E-state index < -0.39 is 5.97 Å². The lowest BCUT2D eigenvalue weighted by atomic mass is 10.3. The number of hydrogen-bond acceptors (Lipinski definition) is 4. The monoisotopic (exact) mass is 214 g/mol.